The van der Waals surface area contributed by atoms with Crippen LogP contribution < -0.4 is 10.6 Å². The molecule has 4 heteroatoms. The van der Waals surface area contributed by atoms with Crippen molar-refractivity contribution in [3.8, 4) is 0 Å². The molecule has 1 amide bonds. The highest BCUT2D eigenvalue weighted by molar-refractivity contribution is 5.77. The average molecular weight is 212 g/mol. The Labute approximate surface area is 90.8 Å². The molecule has 2 saturated heterocycles. The number of carbonyl (C=O) groups is 1. The van der Waals surface area contributed by atoms with Gasteiger partial charge in [0.1, 0.15) is 6.61 Å². The summed E-state index contributed by atoms with van der Waals surface area (Å²) in [5.41, 5.74) is 0. The third-order valence-corrected chi connectivity index (χ3v) is 3.43. The summed E-state index contributed by atoms with van der Waals surface area (Å²) in [5.74, 6) is 0.660. The molecule has 0 radical (unpaired) electrons. The van der Waals surface area contributed by atoms with Gasteiger partial charge in [-0.25, -0.2) is 0 Å². The maximum Gasteiger partial charge on any atom is 0.245 e. The summed E-state index contributed by atoms with van der Waals surface area (Å²) in [6.07, 6.45) is 5.05. The van der Waals surface area contributed by atoms with E-state index >= 15 is 0 Å². The minimum atomic E-state index is 0.00313. The van der Waals surface area contributed by atoms with Crippen molar-refractivity contribution < 1.29 is 9.53 Å². The topological polar surface area (TPSA) is 50.4 Å². The number of fused-ring (bicyclic) bond motifs is 2. The van der Waals surface area contributed by atoms with Gasteiger partial charge in [-0.15, -0.1) is 0 Å². The Morgan fingerprint density at radius 1 is 1.40 bits per heavy atom. The fraction of sp³-hybridized carbons (Fsp3) is 0.909. The van der Waals surface area contributed by atoms with Crippen molar-refractivity contribution in [3.63, 3.8) is 0 Å². The molecule has 0 spiro atoms. The molecular formula is C11H20N2O2. The van der Waals surface area contributed by atoms with Crippen LogP contribution in [0.5, 0.6) is 0 Å². The summed E-state index contributed by atoms with van der Waals surface area (Å²) < 4.78 is 4.77. The standard InChI is InChI=1S/C11H20N2O2/c1-15-7-11(14)12-6-8-4-9-2-3-10(5-8)13-9/h8-10,13H,2-7H2,1H3,(H,12,14)/t8?,9-,10+. The zero-order chi connectivity index (χ0) is 10.7. The van der Waals surface area contributed by atoms with Crippen molar-refractivity contribution in [2.75, 3.05) is 20.3 Å². The second kappa shape index (κ2) is 4.94. The third kappa shape index (κ3) is 2.92. The molecule has 2 bridgehead atoms. The van der Waals surface area contributed by atoms with Gasteiger partial charge in [-0.2, -0.15) is 0 Å². The van der Waals surface area contributed by atoms with Crippen LogP contribution in [0.4, 0.5) is 0 Å². The Bertz CT molecular complexity index is 221. The smallest absolute Gasteiger partial charge is 0.245 e. The summed E-state index contributed by atoms with van der Waals surface area (Å²) in [7, 11) is 1.55. The number of amides is 1. The van der Waals surface area contributed by atoms with E-state index < -0.39 is 0 Å². The first-order valence-electron chi connectivity index (χ1n) is 5.79. The predicted octanol–water partition coefficient (Wildman–Crippen LogP) is 0.280. The van der Waals surface area contributed by atoms with Gasteiger partial charge >= 0.3 is 0 Å². The summed E-state index contributed by atoms with van der Waals surface area (Å²) in [4.78, 5) is 11.2. The van der Waals surface area contributed by atoms with E-state index in [9.17, 15) is 4.79 Å². The third-order valence-electron chi connectivity index (χ3n) is 3.43. The first kappa shape index (κ1) is 10.9. The molecule has 15 heavy (non-hydrogen) atoms. The van der Waals surface area contributed by atoms with Gasteiger partial charge in [0.15, 0.2) is 0 Å². The maximum atomic E-state index is 11.2. The molecule has 1 unspecified atom stereocenters. The van der Waals surface area contributed by atoms with E-state index in [4.69, 9.17) is 4.74 Å². The lowest BCUT2D eigenvalue weighted by molar-refractivity contribution is -0.124. The lowest BCUT2D eigenvalue weighted by Crippen LogP contribution is -2.42. The van der Waals surface area contributed by atoms with Crippen molar-refractivity contribution in [3.05, 3.63) is 0 Å². The van der Waals surface area contributed by atoms with E-state index in [1.165, 1.54) is 25.7 Å². The molecule has 86 valence electrons. The quantitative estimate of drug-likeness (QED) is 0.704. The highest BCUT2D eigenvalue weighted by atomic mass is 16.5. The van der Waals surface area contributed by atoms with E-state index in [1.54, 1.807) is 7.11 Å². The summed E-state index contributed by atoms with van der Waals surface area (Å²) >= 11 is 0. The van der Waals surface area contributed by atoms with E-state index in [0.29, 0.717) is 18.0 Å². The minimum Gasteiger partial charge on any atom is -0.375 e. The van der Waals surface area contributed by atoms with Gasteiger partial charge in [0.05, 0.1) is 0 Å². The molecule has 3 atom stereocenters. The minimum absolute atomic E-state index is 0.00313. The number of piperidine rings is 1. The zero-order valence-electron chi connectivity index (χ0n) is 9.29. The van der Waals surface area contributed by atoms with Crippen molar-refractivity contribution in [2.45, 2.75) is 37.8 Å². The number of rotatable bonds is 4. The van der Waals surface area contributed by atoms with Crippen LogP contribution in [0.3, 0.4) is 0 Å². The number of carbonyl (C=O) groups excluding carboxylic acids is 1. The summed E-state index contributed by atoms with van der Waals surface area (Å²) in [6.45, 7) is 0.995. The van der Waals surface area contributed by atoms with Crippen molar-refractivity contribution in [2.24, 2.45) is 5.92 Å². The molecule has 0 aliphatic carbocycles. The van der Waals surface area contributed by atoms with Gasteiger partial charge in [0, 0.05) is 25.7 Å². The van der Waals surface area contributed by atoms with E-state index in [-0.39, 0.29) is 12.5 Å². The Hall–Kier alpha value is -0.610. The van der Waals surface area contributed by atoms with Crippen LogP contribution >= 0.6 is 0 Å². The molecule has 0 saturated carbocycles. The fourth-order valence-corrected chi connectivity index (χ4v) is 2.78. The second-order valence-electron chi connectivity index (χ2n) is 4.71. The summed E-state index contributed by atoms with van der Waals surface area (Å²) in [6, 6.07) is 1.40. The van der Waals surface area contributed by atoms with Crippen LogP contribution in [0.15, 0.2) is 0 Å². The highest BCUT2D eigenvalue weighted by Crippen LogP contribution is 2.30. The van der Waals surface area contributed by atoms with Crippen LogP contribution in [0, 0.1) is 5.92 Å². The SMILES string of the molecule is COCC(=O)NCC1C[C@H]2CC[C@@H](C1)N2. The molecule has 2 aliphatic heterocycles. The Morgan fingerprint density at radius 3 is 2.67 bits per heavy atom. The van der Waals surface area contributed by atoms with Crippen LogP contribution in [0.2, 0.25) is 0 Å². The normalized spacial score (nSPS) is 34.1. The second-order valence-corrected chi connectivity index (χ2v) is 4.71. The first-order chi connectivity index (χ1) is 7.28. The lowest BCUT2D eigenvalue weighted by atomic mass is 9.92. The van der Waals surface area contributed by atoms with Crippen molar-refractivity contribution in [1.29, 1.82) is 0 Å². The molecule has 2 aliphatic rings. The zero-order valence-corrected chi connectivity index (χ0v) is 9.29. The van der Waals surface area contributed by atoms with Gasteiger partial charge in [0.25, 0.3) is 0 Å². The molecule has 2 heterocycles. The van der Waals surface area contributed by atoms with Gasteiger partial charge in [0.2, 0.25) is 5.91 Å². The van der Waals surface area contributed by atoms with E-state index in [0.717, 1.165) is 6.54 Å². The summed E-state index contributed by atoms with van der Waals surface area (Å²) in [5, 5.41) is 6.53. The fourth-order valence-electron chi connectivity index (χ4n) is 2.78. The molecule has 4 nitrogen and oxygen atoms in total. The molecule has 2 fully saturated rings. The van der Waals surface area contributed by atoms with Gasteiger partial charge in [-0.1, -0.05) is 0 Å². The molecule has 2 N–H and O–H groups in total. The van der Waals surface area contributed by atoms with Crippen LogP contribution in [-0.2, 0) is 9.53 Å². The molecule has 0 aromatic heterocycles. The molecule has 2 rings (SSSR count). The highest BCUT2D eigenvalue weighted by Gasteiger charge is 2.33. The Morgan fingerprint density at radius 2 is 2.07 bits per heavy atom. The van der Waals surface area contributed by atoms with Crippen LogP contribution in [-0.4, -0.2) is 38.3 Å². The number of ether oxygens (including phenoxy) is 1. The number of methoxy groups -OCH3 is 1. The first-order valence-corrected chi connectivity index (χ1v) is 5.79. The van der Waals surface area contributed by atoms with Crippen molar-refractivity contribution in [1.82, 2.24) is 10.6 Å². The number of hydrogen-bond donors (Lipinski definition) is 2. The van der Waals surface area contributed by atoms with Gasteiger partial charge in [-0.3, -0.25) is 4.79 Å². The Kier molecular flexibility index (Phi) is 3.59. The van der Waals surface area contributed by atoms with Gasteiger partial charge < -0.3 is 15.4 Å². The number of hydrogen-bond acceptors (Lipinski definition) is 3. The number of nitrogens with one attached hydrogen (secondary N) is 2. The van der Waals surface area contributed by atoms with E-state index in [1.807, 2.05) is 0 Å². The van der Waals surface area contributed by atoms with Crippen molar-refractivity contribution >= 4 is 5.91 Å². The molecule has 0 aromatic rings. The Balaban J connectivity index is 1.69. The predicted molar refractivity (Wildman–Crippen MR) is 57.6 cm³/mol. The largest absolute Gasteiger partial charge is 0.375 e. The van der Waals surface area contributed by atoms with E-state index in [2.05, 4.69) is 10.6 Å². The van der Waals surface area contributed by atoms with Crippen LogP contribution in [0.25, 0.3) is 0 Å². The van der Waals surface area contributed by atoms with Gasteiger partial charge in [-0.05, 0) is 31.6 Å². The monoisotopic (exact) mass is 212 g/mol. The molecule has 0 aromatic carbocycles. The maximum absolute atomic E-state index is 11.2. The van der Waals surface area contributed by atoms with Crippen LogP contribution in [0.1, 0.15) is 25.7 Å². The lowest BCUT2D eigenvalue weighted by Gasteiger charge is -2.29. The molecular weight excluding hydrogens is 192 g/mol. The average Bonchev–Trinajstić information content (AvgIpc) is 2.56.